The van der Waals surface area contributed by atoms with E-state index in [0.29, 0.717) is 18.8 Å². The fraction of sp³-hybridized carbons (Fsp3) is 0.286. The van der Waals surface area contributed by atoms with E-state index in [0.717, 1.165) is 11.3 Å². The summed E-state index contributed by atoms with van der Waals surface area (Å²) in [6.45, 7) is 2.50. The molecule has 1 unspecified atom stereocenters. The van der Waals surface area contributed by atoms with Crippen LogP contribution < -0.4 is 4.74 Å². The maximum Gasteiger partial charge on any atom is 0.137 e. The normalized spacial score (nSPS) is 12.1. The second kappa shape index (κ2) is 6.12. The van der Waals surface area contributed by atoms with Gasteiger partial charge in [-0.05, 0) is 25.1 Å². The number of aliphatic hydroxyl groups is 1. The van der Waals surface area contributed by atoms with Crippen LogP contribution in [0.1, 0.15) is 24.3 Å². The summed E-state index contributed by atoms with van der Waals surface area (Å²) in [6, 6.07) is 7.46. The molecule has 0 aromatic carbocycles. The summed E-state index contributed by atoms with van der Waals surface area (Å²) in [7, 11) is 0. The molecule has 18 heavy (non-hydrogen) atoms. The van der Waals surface area contributed by atoms with Crippen molar-refractivity contribution in [3.8, 4) is 5.75 Å². The van der Waals surface area contributed by atoms with Crippen LogP contribution in [0.4, 0.5) is 0 Å². The van der Waals surface area contributed by atoms with Gasteiger partial charge in [0, 0.05) is 30.1 Å². The van der Waals surface area contributed by atoms with Crippen LogP contribution in [0.5, 0.6) is 5.75 Å². The lowest BCUT2D eigenvalue weighted by Gasteiger charge is -2.11. The third kappa shape index (κ3) is 3.28. The van der Waals surface area contributed by atoms with Gasteiger partial charge in [-0.3, -0.25) is 9.97 Å². The molecule has 94 valence electrons. The minimum absolute atomic E-state index is 0.470. The zero-order chi connectivity index (χ0) is 12.8. The number of pyridine rings is 2. The molecule has 0 aliphatic carbocycles. The Bertz CT molecular complexity index is 488. The molecule has 1 atom stereocenters. The summed E-state index contributed by atoms with van der Waals surface area (Å²) in [5.74, 6) is 0.676. The van der Waals surface area contributed by atoms with Crippen LogP contribution in [0.25, 0.3) is 0 Å². The first-order valence-corrected chi connectivity index (χ1v) is 5.95. The van der Waals surface area contributed by atoms with E-state index in [2.05, 4.69) is 9.97 Å². The summed E-state index contributed by atoms with van der Waals surface area (Å²) in [6.07, 6.45) is 4.86. The van der Waals surface area contributed by atoms with Crippen LogP contribution in [0.2, 0.25) is 0 Å². The number of nitrogens with zero attached hydrogens (tertiary/aromatic N) is 2. The van der Waals surface area contributed by atoms with Crippen molar-refractivity contribution in [3.05, 3.63) is 54.1 Å². The van der Waals surface area contributed by atoms with Crippen molar-refractivity contribution in [2.45, 2.75) is 19.4 Å². The number of hydrogen-bond acceptors (Lipinski definition) is 4. The van der Waals surface area contributed by atoms with E-state index < -0.39 is 6.10 Å². The van der Waals surface area contributed by atoms with Gasteiger partial charge in [0.25, 0.3) is 0 Å². The Hall–Kier alpha value is -1.94. The van der Waals surface area contributed by atoms with Gasteiger partial charge in [-0.2, -0.15) is 0 Å². The fourth-order valence-electron chi connectivity index (χ4n) is 1.70. The third-order valence-corrected chi connectivity index (χ3v) is 2.56. The molecule has 2 heterocycles. The first kappa shape index (κ1) is 12.5. The van der Waals surface area contributed by atoms with Crippen molar-refractivity contribution in [1.29, 1.82) is 0 Å². The Morgan fingerprint density at radius 1 is 1.33 bits per heavy atom. The minimum atomic E-state index is -0.618. The number of hydrogen-bond donors (Lipinski definition) is 1. The maximum atomic E-state index is 10.1. The van der Waals surface area contributed by atoms with Crippen LogP contribution in [-0.4, -0.2) is 21.7 Å². The highest BCUT2D eigenvalue weighted by molar-refractivity contribution is 5.26. The van der Waals surface area contributed by atoms with Gasteiger partial charge < -0.3 is 9.84 Å². The van der Waals surface area contributed by atoms with Crippen molar-refractivity contribution in [1.82, 2.24) is 9.97 Å². The molecule has 0 aliphatic heterocycles. The molecule has 0 fully saturated rings. The van der Waals surface area contributed by atoms with Crippen LogP contribution >= 0.6 is 0 Å². The highest BCUT2D eigenvalue weighted by Gasteiger charge is 2.10. The molecule has 0 radical (unpaired) electrons. The van der Waals surface area contributed by atoms with E-state index in [1.165, 1.54) is 0 Å². The number of rotatable bonds is 5. The molecule has 4 heteroatoms. The smallest absolute Gasteiger partial charge is 0.137 e. The number of aromatic nitrogens is 2. The van der Waals surface area contributed by atoms with Gasteiger partial charge in [-0.1, -0.05) is 6.07 Å². The molecule has 2 aromatic rings. The summed E-state index contributed by atoms with van der Waals surface area (Å²) in [4.78, 5) is 8.25. The topological polar surface area (TPSA) is 55.2 Å². The monoisotopic (exact) mass is 244 g/mol. The summed E-state index contributed by atoms with van der Waals surface area (Å²) >= 11 is 0. The van der Waals surface area contributed by atoms with Crippen LogP contribution in [-0.2, 0) is 6.42 Å². The largest absolute Gasteiger partial charge is 0.492 e. The van der Waals surface area contributed by atoms with Gasteiger partial charge in [0.05, 0.1) is 18.9 Å². The molecule has 1 N–H and O–H groups in total. The van der Waals surface area contributed by atoms with E-state index >= 15 is 0 Å². The lowest BCUT2D eigenvalue weighted by atomic mass is 10.1. The highest BCUT2D eigenvalue weighted by Crippen LogP contribution is 2.20. The number of aliphatic hydroxyl groups excluding tert-OH is 1. The zero-order valence-electron chi connectivity index (χ0n) is 10.3. The van der Waals surface area contributed by atoms with Gasteiger partial charge in [-0.15, -0.1) is 0 Å². The fourth-order valence-corrected chi connectivity index (χ4v) is 1.70. The van der Waals surface area contributed by atoms with E-state index in [-0.39, 0.29) is 0 Å². The van der Waals surface area contributed by atoms with E-state index in [4.69, 9.17) is 4.74 Å². The molecule has 2 aromatic heterocycles. The predicted molar refractivity (Wildman–Crippen MR) is 68.3 cm³/mol. The average Bonchev–Trinajstić information content (AvgIpc) is 2.40. The predicted octanol–water partition coefficient (Wildman–Crippen LogP) is 2.15. The van der Waals surface area contributed by atoms with Crippen molar-refractivity contribution >= 4 is 0 Å². The Morgan fingerprint density at radius 2 is 2.22 bits per heavy atom. The minimum Gasteiger partial charge on any atom is -0.492 e. The standard InChI is InChI=1S/C14H16N2O2/c1-2-18-13-7-11(9-15-10-13)14(17)8-12-5-3-4-6-16-12/h3-7,9-10,14,17H,2,8H2,1H3. The molecule has 0 bridgehead atoms. The maximum absolute atomic E-state index is 10.1. The average molecular weight is 244 g/mol. The lowest BCUT2D eigenvalue weighted by molar-refractivity contribution is 0.176. The molecule has 0 aliphatic rings. The van der Waals surface area contributed by atoms with Gasteiger partial charge in [0.15, 0.2) is 0 Å². The van der Waals surface area contributed by atoms with E-state index in [1.807, 2.05) is 31.2 Å². The van der Waals surface area contributed by atoms with Gasteiger partial charge in [-0.25, -0.2) is 0 Å². The SMILES string of the molecule is CCOc1cncc(C(O)Cc2ccccn2)c1. The summed E-state index contributed by atoms with van der Waals surface area (Å²) < 4.78 is 5.36. The molecule has 0 saturated carbocycles. The number of ether oxygens (including phenoxy) is 1. The van der Waals surface area contributed by atoms with E-state index in [9.17, 15) is 5.11 Å². The van der Waals surface area contributed by atoms with Crippen molar-refractivity contribution in [3.63, 3.8) is 0 Å². The van der Waals surface area contributed by atoms with Crippen LogP contribution in [0.15, 0.2) is 42.9 Å². The summed E-state index contributed by atoms with van der Waals surface area (Å²) in [5.41, 5.74) is 1.60. The van der Waals surface area contributed by atoms with Crippen molar-refractivity contribution in [2.24, 2.45) is 0 Å². The summed E-state index contributed by atoms with van der Waals surface area (Å²) in [5, 5.41) is 10.1. The van der Waals surface area contributed by atoms with Gasteiger partial charge in [0.1, 0.15) is 5.75 Å². The second-order valence-corrected chi connectivity index (χ2v) is 3.93. The Kier molecular flexibility index (Phi) is 4.25. The lowest BCUT2D eigenvalue weighted by Crippen LogP contribution is -2.04. The van der Waals surface area contributed by atoms with Crippen molar-refractivity contribution in [2.75, 3.05) is 6.61 Å². The molecular weight excluding hydrogens is 228 g/mol. The van der Waals surface area contributed by atoms with Crippen LogP contribution in [0.3, 0.4) is 0 Å². The Labute approximate surface area is 106 Å². The first-order chi connectivity index (χ1) is 8.79. The molecular formula is C14H16N2O2. The molecule has 2 rings (SSSR count). The molecule has 4 nitrogen and oxygen atoms in total. The zero-order valence-corrected chi connectivity index (χ0v) is 10.3. The van der Waals surface area contributed by atoms with Gasteiger partial charge in [0.2, 0.25) is 0 Å². The van der Waals surface area contributed by atoms with Crippen molar-refractivity contribution < 1.29 is 9.84 Å². The van der Waals surface area contributed by atoms with E-state index in [1.54, 1.807) is 18.6 Å². The molecule has 0 saturated heterocycles. The quantitative estimate of drug-likeness (QED) is 0.875. The second-order valence-electron chi connectivity index (χ2n) is 3.93. The van der Waals surface area contributed by atoms with Gasteiger partial charge >= 0.3 is 0 Å². The Balaban J connectivity index is 2.08. The van der Waals surface area contributed by atoms with Crippen LogP contribution in [0, 0.1) is 0 Å². The Morgan fingerprint density at radius 3 is 2.94 bits per heavy atom. The third-order valence-electron chi connectivity index (χ3n) is 2.56. The first-order valence-electron chi connectivity index (χ1n) is 5.95. The molecule has 0 amide bonds. The highest BCUT2D eigenvalue weighted by atomic mass is 16.5. The molecule has 0 spiro atoms.